The molecular formula is C13H19ClN4O. The molecule has 1 saturated carbocycles. The van der Waals surface area contributed by atoms with Crippen molar-refractivity contribution in [2.75, 3.05) is 12.0 Å². The molecule has 1 fully saturated rings. The van der Waals surface area contributed by atoms with Gasteiger partial charge in [0.05, 0.1) is 10.6 Å². The van der Waals surface area contributed by atoms with Gasteiger partial charge in [0.25, 0.3) is 5.91 Å². The largest absolute Gasteiger partial charge is 0.335 e. The van der Waals surface area contributed by atoms with Gasteiger partial charge < -0.3 is 10.3 Å². The first-order valence-corrected chi connectivity index (χ1v) is 6.84. The van der Waals surface area contributed by atoms with Crippen LogP contribution in [0.4, 0.5) is 5.82 Å². The van der Waals surface area contributed by atoms with Gasteiger partial charge in [-0.15, -0.1) is 0 Å². The molecule has 1 heterocycles. The van der Waals surface area contributed by atoms with Crippen LogP contribution in [0, 0.1) is 5.92 Å². The zero-order valence-electron chi connectivity index (χ0n) is 11.2. The molecule has 0 unspecified atom stereocenters. The third kappa shape index (κ3) is 3.36. The minimum absolute atomic E-state index is 0.00540. The summed E-state index contributed by atoms with van der Waals surface area (Å²) in [6.45, 7) is 4.97. The highest BCUT2D eigenvalue weighted by atomic mass is 35.5. The molecule has 1 aromatic heterocycles. The molecule has 0 radical (unpaired) electrons. The van der Waals surface area contributed by atoms with Gasteiger partial charge in [-0.05, 0) is 24.8 Å². The zero-order valence-corrected chi connectivity index (χ0v) is 11.9. The number of nitrogen functional groups attached to an aromatic ring is 1. The summed E-state index contributed by atoms with van der Waals surface area (Å²) in [7, 11) is 0. The van der Waals surface area contributed by atoms with E-state index in [1.165, 1.54) is 6.20 Å². The molecule has 19 heavy (non-hydrogen) atoms. The maximum absolute atomic E-state index is 12.5. The van der Waals surface area contributed by atoms with Crippen LogP contribution in [0.25, 0.3) is 0 Å². The lowest BCUT2D eigenvalue weighted by atomic mass is 10.1. The van der Waals surface area contributed by atoms with Gasteiger partial charge >= 0.3 is 0 Å². The number of hydrogen-bond acceptors (Lipinski definition) is 4. The van der Waals surface area contributed by atoms with Crippen LogP contribution in [0.3, 0.4) is 0 Å². The fourth-order valence-electron chi connectivity index (χ4n) is 2.00. The number of anilines is 1. The van der Waals surface area contributed by atoms with E-state index in [1.54, 1.807) is 6.07 Å². The number of nitrogens with zero attached hydrogens (tertiary/aromatic N) is 2. The monoisotopic (exact) mass is 282 g/mol. The lowest BCUT2D eigenvalue weighted by Gasteiger charge is -2.24. The number of nitrogens with two attached hydrogens (primary N) is 1. The van der Waals surface area contributed by atoms with E-state index in [0.717, 1.165) is 19.4 Å². The highest BCUT2D eigenvalue weighted by molar-refractivity contribution is 6.33. The number of carbonyl (C=O) groups is 1. The minimum Gasteiger partial charge on any atom is -0.335 e. The molecule has 0 bridgehead atoms. The average molecular weight is 283 g/mol. The Labute approximate surface area is 118 Å². The van der Waals surface area contributed by atoms with Crippen LogP contribution < -0.4 is 11.3 Å². The Morgan fingerprint density at radius 1 is 1.63 bits per heavy atom. The Balaban J connectivity index is 2.19. The number of halogens is 1. The van der Waals surface area contributed by atoms with Gasteiger partial charge in [0.15, 0.2) is 5.82 Å². The predicted molar refractivity (Wildman–Crippen MR) is 76.0 cm³/mol. The van der Waals surface area contributed by atoms with Crippen LogP contribution in [0.15, 0.2) is 12.3 Å². The molecule has 3 N–H and O–H groups in total. The van der Waals surface area contributed by atoms with Crippen molar-refractivity contribution in [1.82, 2.24) is 9.88 Å². The molecule has 1 amide bonds. The highest BCUT2D eigenvalue weighted by Gasteiger charge is 2.33. The number of amides is 1. The average Bonchev–Trinajstić information content (AvgIpc) is 3.19. The van der Waals surface area contributed by atoms with E-state index < -0.39 is 0 Å². The Kier molecular flexibility index (Phi) is 4.27. The Bertz CT molecular complexity index is 474. The third-order valence-corrected chi connectivity index (χ3v) is 3.32. The molecule has 1 aliphatic carbocycles. The van der Waals surface area contributed by atoms with E-state index in [1.807, 2.05) is 4.90 Å². The molecule has 2 rings (SSSR count). The van der Waals surface area contributed by atoms with Crippen LogP contribution >= 0.6 is 11.6 Å². The molecule has 0 saturated heterocycles. The Hall–Kier alpha value is -1.33. The quantitative estimate of drug-likeness (QED) is 0.642. The van der Waals surface area contributed by atoms with E-state index in [2.05, 4.69) is 24.3 Å². The van der Waals surface area contributed by atoms with Gasteiger partial charge in [0.2, 0.25) is 0 Å². The maximum atomic E-state index is 12.5. The van der Waals surface area contributed by atoms with Crippen molar-refractivity contribution in [2.45, 2.75) is 32.7 Å². The summed E-state index contributed by atoms with van der Waals surface area (Å²) in [6.07, 6.45) is 3.68. The van der Waals surface area contributed by atoms with Crippen LogP contribution in [-0.2, 0) is 0 Å². The van der Waals surface area contributed by atoms with Crippen molar-refractivity contribution in [3.05, 3.63) is 22.8 Å². The molecule has 0 aromatic carbocycles. The summed E-state index contributed by atoms with van der Waals surface area (Å²) in [5, 5.41) is 0.355. The van der Waals surface area contributed by atoms with E-state index in [-0.39, 0.29) is 5.91 Å². The van der Waals surface area contributed by atoms with E-state index in [0.29, 0.717) is 28.4 Å². The first kappa shape index (κ1) is 14.1. The summed E-state index contributed by atoms with van der Waals surface area (Å²) < 4.78 is 0. The molecule has 0 aliphatic heterocycles. The summed E-state index contributed by atoms with van der Waals surface area (Å²) in [6, 6.07) is 1.99. The Morgan fingerprint density at radius 2 is 2.32 bits per heavy atom. The van der Waals surface area contributed by atoms with Crippen molar-refractivity contribution < 1.29 is 4.79 Å². The molecule has 104 valence electrons. The van der Waals surface area contributed by atoms with Crippen LogP contribution in [-0.4, -0.2) is 28.4 Å². The molecule has 6 heteroatoms. The second-order valence-electron chi connectivity index (χ2n) is 5.28. The normalized spacial score (nSPS) is 14.6. The summed E-state index contributed by atoms with van der Waals surface area (Å²) in [5.41, 5.74) is 2.90. The van der Waals surface area contributed by atoms with E-state index >= 15 is 0 Å². The fourth-order valence-corrected chi connectivity index (χ4v) is 2.23. The lowest BCUT2D eigenvalue weighted by molar-refractivity contribution is 0.0722. The fraction of sp³-hybridized carbons (Fsp3) is 0.538. The number of hydrazine groups is 1. The highest BCUT2D eigenvalue weighted by Crippen LogP contribution is 2.29. The number of hydrogen-bond donors (Lipinski definition) is 2. The second kappa shape index (κ2) is 5.75. The molecular weight excluding hydrogens is 264 g/mol. The molecule has 0 atom stereocenters. The van der Waals surface area contributed by atoms with Gasteiger partial charge in [-0.25, -0.2) is 10.8 Å². The molecule has 1 aromatic rings. The lowest BCUT2D eigenvalue weighted by Crippen LogP contribution is -2.36. The maximum Gasteiger partial charge on any atom is 0.255 e. The van der Waals surface area contributed by atoms with Gasteiger partial charge in [0.1, 0.15) is 0 Å². The summed E-state index contributed by atoms with van der Waals surface area (Å²) >= 11 is 6.00. The van der Waals surface area contributed by atoms with Gasteiger partial charge in [-0.2, -0.15) is 0 Å². The first-order chi connectivity index (χ1) is 9.02. The van der Waals surface area contributed by atoms with E-state index in [4.69, 9.17) is 17.4 Å². The van der Waals surface area contributed by atoms with Crippen molar-refractivity contribution in [2.24, 2.45) is 11.8 Å². The standard InChI is InChI=1S/C13H19ClN4O/c1-8(2)7-18(10-3-4-10)13(19)9-5-11(14)12(17-15)16-6-9/h5-6,8,10H,3-4,7,15H2,1-2H3,(H,16,17). The van der Waals surface area contributed by atoms with Crippen LogP contribution in [0.1, 0.15) is 37.0 Å². The van der Waals surface area contributed by atoms with Crippen molar-refractivity contribution in [1.29, 1.82) is 0 Å². The summed E-state index contributed by atoms with van der Waals surface area (Å²) in [4.78, 5) is 18.5. The SMILES string of the molecule is CC(C)CN(C(=O)c1cnc(NN)c(Cl)c1)C1CC1. The number of pyridine rings is 1. The second-order valence-corrected chi connectivity index (χ2v) is 5.69. The first-order valence-electron chi connectivity index (χ1n) is 6.46. The molecule has 5 nitrogen and oxygen atoms in total. The number of rotatable bonds is 5. The van der Waals surface area contributed by atoms with Gasteiger partial charge in [-0.3, -0.25) is 4.79 Å². The van der Waals surface area contributed by atoms with Gasteiger partial charge in [-0.1, -0.05) is 25.4 Å². The van der Waals surface area contributed by atoms with Crippen LogP contribution in [0.5, 0.6) is 0 Å². The minimum atomic E-state index is -0.00540. The van der Waals surface area contributed by atoms with Crippen LogP contribution in [0.2, 0.25) is 5.02 Å². The topological polar surface area (TPSA) is 71.2 Å². The molecule has 1 aliphatic rings. The third-order valence-electron chi connectivity index (χ3n) is 3.04. The number of nitrogens with one attached hydrogen (secondary N) is 1. The van der Waals surface area contributed by atoms with Gasteiger partial charge in [0, 0.05) is 18.8 Å². The zero-order chi connectivity index (χ0) is 14.0. The predicted octanol–water partition coefficient (Wildman–Crippen LogP) is 2.28. The molecule has 0 spiro atoms. The van der Waals surface area contributed by atoms with Crippen molar-refractivity contribution >= 4 is 23.3 Å². The number of aromatic nitrogens is 1. The number of carbonyl (C=O) groups excluding carboxylic acids is 1. The van der Waals surface area contributed by atoms with Crippen molar-refractivity contribution in [3.63, 3.8) is 0 Å². The summed E-state index contributed by atoms with van der Waals surface area (Å²) in [5.74, 6) is 6.08. The van der Waals surface area contributed by atoms with Crippen molar-refractivity contribution in [3.8, 4) is 0 Å². The smallest absolute Gasteiger partial charge is 0.255 e. The van der Waals surface area contributed by atoms with E-state index in [9.17, 15) is 4.79 Å². The Morgan fingerprint density at radius 3 is 2.79 bits per heavy atom.